The second-order valence-electron chi connectivity index (χ2n) is 8.09. The Labute approximate surface area is 186 Å². The van der Waals surface area contributed by atoms with Gasteiger partial charge in [-0.1, -0.05) is 31.0 Å². The fourth-order valence-corrected chi connectivity index (χ4v) is 4.87. The van der Waals surface area contributed by atoms with Crippen LogP contribution in [0.5, 0.6) is 0 Å². The van der Waals surface area contributed by atoms with Crippen molar-refractivity contribution in [3.05, 3.63) is 52.2 Å². The van der Waals surface area contributed by atoms with Gasteiger partial charge in [-0.05, 0) is 36.4 Å². The minimum atomic E-state index is -0.154. The minimum Gasteiger partial charge on any atom is -0.349 e. The van der Waals surface area contributed by atoms with Crippen LogP contribution < -0.4 is 10.6 Å². The zero-order chi connectivity index (χ0) is 21.6. The third-order valence-electron chi connectivity index (χ3n) is 5.89. The number of hydrogen-bond donors (Lipinski definition) is 2. The molecule has 164 valence electrons. The Bertz CT molecular complexity index is 917. The number of benzene rings is 1. The van der Waals surface area contributed by atoms with E-state index in [1.54, 1.807) is 12.1 Å². The highest BCUT2D eigenvalue weighted by molar-refractivity contribution is 7.12. The van der Waals surface area contributed by atoms with Gasteiger partial charge in [0, 0.05) is 32.2 Å². The summed E-state index contributed by atoms with van der Waals surface area (Å²) in [5.41, 5.74) is 1.03. The first-order valence-corrected chi connectivity index (χ1v) is 11.7. The number of hydrogen-bond acceptors (Lipinski definition) is 5. The largest absolute Gasteiger partial charge is 0.349 e. The quantitative estimate of drug-likeness (QED) is 0.724. The van der Waals surface area contributed by atoms with Gasteiger partial charge >= 0.3 is 0 Å². The Morgan fingerprint density at radius 3 is 2.42 bits per heavy atom. The maximum Gasteiger partial charge on any atom is 0.264 e. The van der Waals surface area contributed by atoms with E-state index in [0.717, 1.165) is 30.6 Å². The van der Waals surface area contributed by atoms with Crippen LogP contribution in [0.15, 0.2) is 41.8 Å². The van der Waals surface area contributed by atoms with E-state index in [2.05, 4.69) is 10.6 Å². The van der Waals surface area contributed by atoms with Crippen LogP contribution in [0.1, 0.15) is 45.7 Å². The number of para-hydroxylation sites is 1. The molecule has 2 aliphatic rings. The number of carbonyl (C=O) groups excluding carboxylic acids is 3. The van der Waals surface area contributed by atoms with Gasteiger partial charge in [0.2, 0.25) is 5.91 Å². The first-order valence-electron chi connectivity index (χ1n) is 10.8. The molecule has 1 aromatic heterocycles. The summed E-state index contributed by atoms with van der Waals surface area (Å²) in [6, 6.07) is 11.1. The first kappa shape index (κ1) is 21.5. The first-order chi connectivity index (χ1) is 15.1. The molecule has 2 fully saturated rings. The van der Waals surface area contributed by atoms with Crippen LogP contribution >= 0.6 is 11.3 Å². The molecule has 2 aromatic rings. The van der Waals surface area contributed by atoms with Gasteiger partial charge in [-0.15, -0.1) is 11.3 Å². The molecule has 1 aliphatic heterocycles. The normalized spacial score (nSPS) is 17.5. The van der Waals surface area contributed by atoms with Crippen LogP contribution in [0.4, 0.5) is 5.69 Å². The van der Waals surface area contributed by atoms with E-state index in [4.69, 9.17) is 0 Å². The van der Waals surface area contributed by atoms with Crippen LogP contribution in [-0.4, -0.2) is 66.3 Å². The van der Waals surface area contributed by atoms with Gasteiger partial charge in [0.05, 0.1) is 22.7 Å². The summed E-state index contributed by atoms with van der Waals surface area (Å²) < 4.78 is 0. The van der Waals surface area contributed by atoms with E-state index in [1.807, 2.05) is 39.4 Å². The van der Waals surface area contributed by atoms with Gasteiger partial charge in [0.15, 0.2) is 0 Å². The highest BCUT2D eigenvalue weighted by Gasteiger charge is 2.24. The number of anilines is 1. The van der Waals surface area contributed by atoms with Crippen molar-refractivity contribution in [2.75, 3.05) is 38.0 Å². The second kappa shape index (κ2) is 10.1. The SMILES string of the molecule is O=C(CN1CCN(C(=O)c2cccs2)CC1)Nc1ccccc1C(=O)NC1CCCC1. The van der Waals surface area contributed by atoms with Gasteiger partial charge in [-0.2, -0.15) is 0 Å². The number of nitrogens with one attached hydrogen (secondary N) is 2. The van der Waals surface area contributed by atoms with E-state index in [0.29, 0.717) is 37.4 Å². The van der Waals surface area contributed by atoms with E-state index in [9.17, 15) is 14.4 Å². The van der Waals surface area contributed by atoms with Crippen molar-refractivity contribution < 1.29 is 14.4 Å². The summed E-state index contributed by atoms with van der Waals surface area (Å²) in [5, 5.41) is 7.88. The summed E-state index contributed by atoms with van der Waals surface area (Å²) in [4.78, 5) is 42.4. The van der Waals surface area contributed by atoms with E-state index in [1.165, 1.54) is 11.3 Å². The Morgan fingerprint density at radius 1 is 0.968 bits per heavy atom. The predicted octanol–water partition coefficient (Wildman–Crippen LogP) is 2.82. The Morgan fingerprint density at radius 2 is 1.71 bits per heavy atom. The molecule has 1 saturated heterocycles. The van der Waals surface area contributed by atoms with Crippen molar-refractivity contribution in [1.29, 1.82) is 0 Å². The number of nitrogens with zero attached hydrogens (tertiary/aromatic N) is 2. The zero-order valence-corrected chi connectivity index (χ0v) is 18.3. The number of carbonyl (C=O) groups is 3. The molecule has 31 heavy (non-hydrogen) atoms. The summed E-state index contributed by atoms with van der Waals surface area (Å²) in [6.07, 6.45) is 4.33. The molecule has 7 nitrogen and oxygen atoms in total. The Kier molecular flexibility index (Phi) is 6.99. The van der Waals surface area contributed by atoms with Gasteiger partial charge in [-0.3, -0.25) is 19.3 Å². The minimum absolute atomic E-state index is 0.0568. The van der Waals surface area contributed by atoms with Crippen LogP contribution in [-0.2, 0) is 4.79 Å². The summed E-state index contributed by atoms with van der Waals surface area (Å²) in [6.45, 7) is 2.73. The topological polar surface area (TPSA) is 81.8 Å². The van der Waals surface area contributed by atoms with E-state index < -0.39 is 0 Å². The lowest BCUT2D eigenvalue weighted by molar-refractivity contribution is -0.117. The molecule has 1 saturated carbocycles. The maximum absolute atomic E-state index is 12.7. The molecule has 0 radical (unpaired) electrons. The highest BCUT2D eigenvalue weighted by Crippen LogP contribution is 2.20. The van der Waals surface area contributed by atoms with Crippen LogP contribution in [0.3, 0.4) is 0 Å². The van der Waals surface area contributed by atoms with E-state index in [-0.39, 0.29) is 30.3 Å². The molecule has 0 unspecified atom stereocenters. The lowest BCUT2D eigenvalue weighted by atomic mass is 10.1. The van der Waals surface area contributed by atoms with E-state index >= 15 is 0 Å². The molecule has 2 N–H and O–H groups in total. The van der Waals surface area contributed by atoms with Crippen LogP contribution in [0.25, 0.3) is 0 Å². The van der Waals surface area contributed by atoms with Gasteiger partial charge in [-0.25, -0.2) is 0 Å². The molecule has 1 aromatic carbocycles. The van der Waals surface area contributed by atoms with Gasteiger partial charge in [0.25, 0.3) is 11.8 Å². The number of amides is 3. The smallest absolute Gasteiger partial charge is 0.264 e. The van der Waals surface area contributed by atoms with Crippen molar-refractivity contribution in [1.82, 2.24) is 15.1 Å². The van der Waals surface area contributed by atoms with Gasteiger partial charge in [0.1, 0.15) is 0 Å². The third-order valence-corrected chi connectivity index (χ3v) is 6.75. The average Bonchev–Trinajstić information content (AvgIpc) is 3.48. The standard InChI is InChI=1S/C23H28N4O3S/c28-21(16-26-11-13-27(14-12-26)23(30)20-10-5-15-31-20)25-19-9-4-3-8-18(19)22(29)24-17-6-1-2-7-17/h3-5,8-10,15,17H,1-2,6-7,11-14,16H2,(H,24,29)(H,25,28). The number of rotatable bonds is 6. The summed E-state index contributed by atoms with van der Waals surface area (Å²) >= 11 is 1.45. The highest BCUT2D eigenvalue weighted by atomic mass is 32.1. The molecule has 4 rings (SSSR count). The van der Waals surface area contributed by atoms with Crippen molar-refractivity contribution in [3.8, 4) is 0 Å². The van der Waals surface area contributed by atoms with Crippen LogP contribution in [0.2, 0.25) is 0 Å². The molecule has 8 heteroatoms. The van der Waals surface area contributed by atoms with Gasteiger partial charge < -0.3 is 15.5 Å². The summed E-state index contributed by atoms with van der Waals surface area (Å²) in [5.74, 6) is -0.232. The molecule has 2 heterocycles. The lowest BCUT2D eigenvalue weighted by Crippen LogP contribution is -2.50. The maximum atomic E-state index is 12.7. The average molecular weight is 441 g/mol. The number of thiophene rings is 1. The van der Waals surface area contributed by atoms with Crippen molar-refractivity contribution in [2.24, 2.45) is 0 Å². The van der Waals surface area contributed by atoms with Crippen LogP contribution in [0, 0.1) is 0 Å². The molecule has 0 spiro atoms. The number of piperazine rings is 1. The fourth-order valence-electron chi connectivity index (χ4n) is 4.18. The third kappa shape index (κ3) is 5.51. The van der Waals surface area contributed by atoms with Crippen molar-refractivity contribution >= 4 is 34.7 Å². The molecule has 3 amide bonds. The Hall–Kier alpha value is -2.71. The second-order valence-corrected chi connectivity index (χ2v) is 9.04. The predicted molar refractivity (Wildman–Crippen MR) is 121 cm³/mol. The fraction of sp³-hybridized carbons (Fsp3) is 0.435. The molecule has 0 atom stereocenters. The lowest BCUT2D eigenvalue weighted by Gasteiger charge is -2.34. The monoisotopic (exact) mass is 440 g/mol. The zero-order valence-electron chi connectivity index (χ0n) is 17.5. The van der Waals surface area contributed by atoms with Crippen molar-refractivity contribution in [3.63, 3.8) is 0 Å². The van der Waals surface area contributed by atoms with Crippen molar-refractivity contribution in [2.45, 2.75) is 31.7 Å². The molecule has 0 bridgehead atoms. The summed E-state index contributed by atoms with van der Waals surface area (Å²) in [7, 11) is 0. The molecular weight excluding hydrogens is 412 g/mol. The molecular formula is C23H28N4O3S. The Balaban J connectivity index is 1.28. The molecule has 1 aliphatic carbocycles.